The summed E-state index contributed by atoms with van der Waals surface area (Å²) >= 11 is 3.43. The van der Waals surface area contributed by atoms with Crippen LogP contribution in [0.3, 0.4) is 0 Å². The van der Waals surface area contributed by atoms with Gasteiger partial charge in [0.1, 0.15) is 5.01 Å². The van der Waals surface area contributed by atoms with Crippen LogP contribution in [0.1, 0.15) is 28.4 Å². The zero-order valence-corrected chi connectivity index (χ0v) is 13.7. The topological polar surface area (TPSA) is 37.8 Å². The van der Waals surface area contributed by atoms with E-state index in [1.807, 2.05) is 6.07 Å². The van der Waals surface area contributed by atoms with Gasteiger partial charge < -0.3 is 5.32 Å². The molecule has 0 spiro atoms. The van der Waals surface area contributed by atoms with Crippen molar-refractivity contribution in [2.75, 3.05) is 6.54 Å². The standard InChI is InChI=1S/C16H17N3S2/c1-3-17-14(12-7-5-4-6-8-12)16-19-18-15(21-16)13-10-9-11(2)20-13/h4-10,14,17H,3H2,1-2H3. The van der Waals surface area contributed by atoms with Gasteiger partial charge >= 0.3 is 0 Å². The molecule has 21 heavy (non-hydrogen) atoms. The highest BCUT2D eigenvalue weighted by Gasteiger charge is 2.18. The highest BCUT2D eigenvalue weighted by Crippen LogP contribution is 2.33. The molecule has 3 aromatic rings. The van der Waals surface area contributed by atoms with Gasteiger partial charge in [-0.1, -0.05) is 48.6 Å². The van der Waals surface area contributed by atoms with Gasteiger partial charge in [-0.3, -0.25) is 0 Å². The van der Waals surface area contributed by atoms with Crippen molar-refractivity contribution in [1.82, 2.24) is 15.5 Å². The van der Waals surface area contributed by atoms with Crippen LogP contribution in [0, 0.1) is 6.92 Å². The van der Waals surface area contributed by atoms with E-state index in [-0.39, 0.29) is 6.04 Å². The van der Waals surface area contributed by atoms with Crippen molar-refractivity contribution in [2.45, 2.75) is 19.9 Å². The third-order valence-corrected chi connectivity index (χ3v) is 5.34. The molecule has 0 aliphatic heterocycles. The first-order chi connectivity index (χ1) is 10.3. The Morgan fingerprint density at radius 3 is 2.52 bits per heavy atom. The van der Waals surface area contributed by atoms with E-state index in [0.29, 0.717) is 0 Å². The third kappa shape index (κ3) is 3.20. The van der Waals surface area contributed by atoms with Crippen molar-refractivity contribution in [3.8, 4) is 9.88 Å². The Kier molecular flexibility index (Phi) is 4.43. The monoisotopic (exact) mass is 315 g/mol. The predicted octanol–water partition coefficient (Wildman–Crippen LogP) is 4.27. The molecule has 0 saturated heterocycles. The summed E-state index contributed by atoms with van der Waals surface area (Å²) in [6.45, 7) is 5.12. The molecule has 108 valence electrons. The SMILES string of the molecule is CCNC(c1ccccc1)c1nnc(-c2ccc(C)s2)s1. The van der Waals surface area contributed by atoms with Crippen LogP contribution < -0.4 is 5.32 Å². The molecule has 3 nitrogen and oxygen atoms in total. The molecule has 1 N–H and O–H groups in total. The van der Waals surface area contributed by atoms with E-state index in [4.69, 9.17) is 0 Å². The summed E-state index contributed by atoms with van der Waals surface area (Å²) in [7, 11) is 0. The summed E-state index contributed by atoms with van der Waals surface area (Å²) in [5.74, 6) is 0. The molecule has 0 aliphatic rings. The average molecular weight is 315 g/mol. The van der Waals surface area contributed by atoms with Crippen LogP contribution in [0.2, 0.25) is 0 Å². The minimum absolute atomic E-state index is 0.114. The van der Waals surface area contributed by atoms with Gasteiger partial charge in [0.2, 0.25) is 0 Å². The maximum atomic E-state index is 4.41. The molecule has 0 saturated carbocycles. The lowest BCUT2D eigenvalue weighted by Crippen LogP contribution is -2.21. The van der Waals surface area contributed by atoms with Gasteiger partial charge in [-0.25, -0.2) is 0 Å². The first-order valence-electron chi connectivity index (χ1n) is 6.96. The van der Waals surface area contributed by atoms with E-state index in [1.54, 1.807) is 22.7 Å². The smallest absolute Gasteiger partial charge is 0.157 e. The Hall–Kier alpha value is -1.56. The molecule has 3 rings (SSSR count). The Bertz CT molecular complexity index is 703. The Labute approximate surface area is 132 Å². The van der Waals surface area contributed by atoms with E-state index >= 15 is 0 Å². The average Bonchev–Trinajstić information content (AvgIpc) is 3.14. The first-order valence-corrected chi connectivity index (χ1v) is 8.59. The molecule has 1 aromatic carbocycles. The minimum Gasteiger partial charge on any atom is -0.304 e. The predicted molar refractivity (Wildman–Crippen MR) is 89.9 cm³/mol. The normalized spacial score (nSPS) is 12.5. The Morgan fingerprint density at radius 2 is 1.86 bits per heavy atom. The van der Waals surface area contributed by atoms with Crippen LogP contribution in [0.4, 0.5) is 0 Å². The van der Waals surface area contributed by atoms with E-state index < -0.39 is 0 Å². The third-order valence-electron chi connectivity index (χ3n) is 3.18. The zero-order valence-electron chi connectivity index (χ0n) is 12.0. The van der Waals surface area contributed by atoms with Crippen LogP contribution in [0.15, 0.2) is 42.5 Å². The molecule has 5 heteroatoms. The molecule has 0 bridgehead atoms. The number of rotatable bonds is 5. The molecule has 1 unspecified atom stereocenters. The molecule has 0 aliphatic carbocycles. The Balaban J connectivity index is 1.92. The van der Waals surface area contributed by atoms with Crippen LogP contribution in [-0.2, 0) is 0 Å². The van der Waals surface area contributed by atoms with Crippen molar-refractivity contribution < 1.29 is 0 Å². The molecule has 2 aromatic heterocycles. The van der Waals surface area contributed by atoms with E-state index in [0.717, 1.165) is 16.6 Å². The second-order valence-electron chi connectivity index (χ2n) is 4.76. The molecular weight excluding hydrogens is 298 g/mol. The second-order valence-corrected chi connectivity index (χ2v) is 7.05. The number of nitrogens with one attached hydrogen (secondary N) is 1. The molecule has 0 amide bonds. The van der Waals surface area contributed by atoms with Gasteiger partial charge in [0.05, 0.1) is 10.9 Å². The maximum absolute atomic E-state index is 4.41. The fourth-order valence-electron chi connectivity index (χ4n) is 2.20. The quantitative estimate of drug-likeness (QED) is 0.764. The van der Waals surface area contributed by atoms with Gasteiger partial charge in [0, 0.05) is 4.88 Å². The number of benzene rings is 1. The Morgan fingerprint density at radius 1 is 1.05 bits per heavy atom. The summed E-state index contributed by atoms with van der Waals surface area (Å²) in [5, 5.41) is 14.3. The van der Waals surface area contributed by atoms with Crippen molar-refractivity contribution >= 4 is 22.7 Å². The number of nitrogens with zero attached hydrogens (tertiary/aromatic N) is 2. The molecular formula is C16H17N3S2. The highest BCUT2D eigenvalue weighted by atomic mass is 32.1. The largest absolute Gasteiger partial charge is 0.304 e. The van der Waals surface area contributed by atoms with Gasteiger partial charge in [0.15, 0.2) is 5.01 Å². The minimum atomic E-state index is 0.114. The number of aryl methyl sites for hydroxylation is 1. The molecule has 2 heterocycles. The van der Waals surface area contributed by atoms with Gasteiger partial charge in [0.25, 0.3) is 0 Å². The molecule has 1 atom stereocenters. The molecule has 0 fully saturated rings. The summed E-state index contributed by atoms with van der Waals surface area (Å²) in [4.78, 5) is 2.49. The summed E-state index contributed by atoms with van der Waals surface area (Å²) in [6, 6.07) is 14.8. The lowest BCUT2D eigenvalue weighted by atomic mass is 10.1. The van der Waals surface area contributed by atoms with Gasteiger partial charge in [-0.15, -0.1) is 21.5 Å². The zero-order chi connectivity index (χ0) is 14.7. The molecule has 0 radical (unpaired) electrons. The summed E-state index contributed by atoms with van der Waals surface area (Å²) < 4.78 is 0. The van der Waals surface area contributed by atoms with E-state index in [2.05, 4.69) is 65.8 Å². The number of thiophene rings is 1. The number of hydrogen-bond donors (Lipinski definition) is 1. The van der Waals surface area contributed by atoms with Crippen LogP contribution in [0.25, 0.3) is 9.88 Å². The van der Waals surface area contributed by atoms with Crippen LogP contribution in [-0.4, -0.2) is 16.7 Å². The van der Waals surface area contributed by atoms with Crippen LogP contribution >= 0.6 is 22.7 Å². The summed E-state index contributed by atoms with van der Waals surface area (Å²) in [5.41, 5.74) is 1.23. The van der Waals surface area contributed by atoms with Gasteiger partial charge in [-0.2, -0.15) is 0 Å². The lowest BCUT2D eigenvalue weighted by molar-refractivity contribution is 0.621. The number of aromatic nitrogens is 2. The van der Waals surface area contributed by atoms with Crippen LogP contribution in [0.5, 0.6) is 0 Å². The van der Waals surface area contributed by atoms with Crippen molar-refractivity contribution in [2.24, 2.45) is 0 Å². The maximum Gasteiger partial charge on any atom is 0.157 e. The van der Waals surface area contributed by atoms with E-state index in [1.165, 1.54) is 15.3 Å². The number of hydrogen-bond acceptors (Lipinski definition) is 5. The van der Waals surface area contributed by atoms with E-state index in [9.17, 15) is 0 Å². The summed E-state index contributed by atoms with van der Waals surface area (Å²) in [6.07, 6.45) is 0. The van der Waals surface area contributed by atoms with Crippen molar-refractivity contribution in [3.63, 3.8) is 0 Å². The fourth-order valence-corrected chi connectivity index (χ4v) is 4.06. The lowest BCUT2D eigenvalue weighted by Gasteiger charge is -2.14. The highest BCUT2D eigenvalue weighted by molar-refractivity contribution is 7.21. The second kappa shape index (κ2) is 6.47. The first kappa shape index (κ1) is 14.4. The van der Waals surface area contributed by atoms with Crippen molar-refractivity contribution in [3.05, 3.63) is 57.9 Å². The van der Waals surface area contributed by atoms with Gasteiger partial charge in [-0.05, 0) is 31.2 Å². The fraction of sp³-hybridized carbons (Fsp3) is 0.250. The van der Waals surface area contributed by atoms with Crippen molar-refractivity contribution in [1.29, 1.82) is 0 Å².